The number of rotatable bonds is 4. The molecule has 0 saturated carbocycles. The van der Waals surface area contributed by atoms with Crippen molar-refractivity contribution in [3.05, 3.63) is 28.2 Å². The van der Waals surface area contributed by atoms with Crippen molar-refractivity contribution in [3.63, 3.8) is 0 Å². The molecular weight excluding hydrogens is 338 g/mol. The van der Waals surface area contributed by atoms with Gasteiger partial charge in [-0.2, -0.15) is 0 Å². The van der Waals surface area contributed by atoms with Crippen molar-refractivity contribution in [1.82, 2.24) is 4.90 Å². The summed E-state index contributed by atoms with van der Waals surface area (Å²) in [5.41, 5.74) is 0.0491. The van der Waals surface area contributed by atoms with Crippen molar-refractivity contribution >= 4 is 27.8 Å². The monoisotopic (exact) mass is 355 g/mol. The third kappa shape index (κ3) is 4.20. The molecule has 0 aromatic heterocycles. The molecule has 1 aromatic carbocycles. The molecule has 1 saturated heterocycles. The van der Waals surface area contributed by atoms with Gasteiger partial charge in [-0.3, -0.25) is 4.79 Å². The fourth-order valence-corrected chi connectivity index (χ4v) is 2.85. The van der Waals surface area contributed by atoms with Gasteiger partial charge in [-0.25, -0.2) is 4.79 Å². The number of amides is 1. The standard InChI is InChI=1S/C15H18BrNO4/c16-12-7-5-6-11(15(19)20)14(12)21-10-13(18)17-8-3-1-2-4-9-17/h5-7H,1-4,8-10H2,(H,19,20). The topological polar surface area (TPSA) is 66.8 Å². The van der Waals surface area contributed by atoms with Gasteiger partial charge in [0.2, 0.25) is 0 Å². The minimum atomic E-state index is -1.08. The maximum absolute atomic E-state index is 12.2. The molecule has 1 fully saturated rings. The summed E-state index contributed by atoms with van der Waals surface area (Å²) in [5, 5.41) is 9.15. The predicted octanol–water partition coefficient (Wildman–Crippen LogP) is 2.93. The number of carbonyl (C=O) groups excluding carboxylic acids is 1. The summed E-state index contributed by atoms with van der Waals surface area (Å²) >= 11 is 3.26. The van der Waals surface area contributed by atoms with E-state index in [1.807, 2.05) is 0 Å². The van der Waals surface area contributed by atoms with Crippen LogP contribution in [0.15, 0.2) is 22.7 Å². The maximum Gasteiger partial charge on any atom is 0.339 e. The van der Waals surface area contributed by atoms with Crippen LogP contribution in [0.1, 0.15) is 36.0 Å². The number of benzene rings is 1. The Morgan fingerprint density at radius 2 is 1.86 bits per heavy atom. The number of carboxylic acid groups (broad SMARTS) is 1. The van der Waals surface area contributed by atoms with Gasteiger partial charge in [0.05, 0.1) is 4.47 Å². The first-order chi connectivity index (χ1) is 10.1. The molecule has 0 aliphatic carbocycles. The second-order valence-electron chi connectivity index (χ2n) is 5.01. The Kier molecular flexibility index (Phi) is 5.61. The third-order valence-electron chi connectivity index (χ3n) is 3.50. The van der Waals surface area contributed by atoms with Crippen molar-refractivity contribution in [2.75, 3.05) is 19.7 Å². The molecule has 1 heterocycles. The number of para-hydroxylation sites is 1. The molecule has 21 heavy (non-hydrogen) atoms. The van der Waals surface area contributed by atoms with Crippen LogP contribution in [0.5, 0.6) is 5.75 Å². The molecule has 114 valence electrons. The molecule has 6 heteroatoms. The van der Waals surface area contributed by atoms with Gasteiger partial charge in [0.25, 0.3) is 5.91 Å². The van der Waals surface area contributed by atoms with Crippen LogP contribution in [-0.4, -0.2) is 41.6 Å². The molecule has 1 amide bonds. The maximum atomic E-state index is 12.2. The van der Waals surface area contributed by atoms with E-state index in [0.717, 1.165) is 38.8 Å². The Balaban J connectivity index is 2.02. The van der Waals surface area contributed by atoms with Crippen molar-refractivity contribution in [3.8, 4) is 5.75 Å². The largest absolute Gasteiger partial charge is 0.482 e. The first-order valence-electron chi connectivity index (χ1n) is 7.02. The molecular formula is C15H18BrNO4. The average Bonchev–Trinajstić information content (AvgIpc) is 2.74. The minimum absolute atomic E-state index is 0.0491. The number of halogens is 1. The van der Waals surface area contributed by atoms with Crippen molar-refractivity contribution in [2.24, 2.45) is 0 Å². The zero-order valence-corrected chi connectivity index (χ0v) is 13.3. The van der Waals surface area contributed by atoms with Crippen LogP contribution in [0.4, 0.5) is 0 Å². The third-order valence-corrected chi connectivity index (χ3v) is 4.12. The molecule has 1 aliphatic heterocycles. The van der Waals surface area contributed by atoms with Crippen LogP contribution in [-0.2, 0) is 4.79 Å². The van der Waals surface area contributed by atoms with E-state index >= 15 is 0 Å². The van der Waals surface area contributed by atoms with Crippen LogP contribution in [0.2, 0.25) is 0 Å². The summed E-state index contributed by atoms with van der Waals surface area (Å²) in [6, 6.07) is 4.77. The normalized spacial score (nSPS) is 15.4. The Bertz CT molecular complexity index is 524. The summed E-state index contributed by atoms with van der Waals surface area (Å²) in [4.78, 5) is 25.1. The molecule has 2 rings (SSSR count). The van der Waals surface area contributed by atoms with E-state index in [1.165, 1.54) is 6.07 Å². The van der Waals surface area contributed by atoms with Crippen LogP contribution in [0, 0.1) is 0 Å². The number of hydrogen-bond donors (Lipinski definition) is 1. The number of aromatic carboxylic acids is 1. The van der Waals surface area contributed by atoms with Gasteiger partial charge in [-0.1, -0.05) is 18.9 Å². The Morgan fingerprint density at radius 1 is 1.19 bits per heavy atom. The van der Waals surface area contributed by atoms with Gasteiger partial charge in [0.1, 0.15) is 11.3 Å². The molecule has 5 nitrogen and oxygen atoms in total. The van der Waals surface area contributed by atoms with Gasteiger partial charge in [-0.05, 0) is 40.9 Å². The lowest BCUT2D eigenvalue weighted by atomic mass is 10.2. The Morgan fingerprint density at radius 3 is 2.48 bits per heavy atom. The first-order valence-corrected chi connectivity index (χ1v) is 7.81. The molecule has 1 aliphatic rings. The Labute approximate surface area is 132 Å². The highest BCUT2D eigenvalue weighted by molar-refractivity contribution is 9.10. The average molecular weight is 356 g/mol. The smallest absolute Gasteiger partial charge is 0.339 e. The number of ether oxygens (including phenoxy) is 1. The second kappa shape index (κ2) is 7.45. The number of carbonyl (C=O) groups is 2. The quantitative estimate of drug-likeness (QED) is 0.901. The van der Waals surface area contributed by atoms with E-state index < -0.39 is 5.97 Å². The van der Waals surface area contributed by atoms with E-state index in [9.17, 15) is 9.59 Å². The lowest BCUT2D eigenvalue weighted by Crippen LogP contribution is -2.35. The van der Waals surface area contributed by atoms with Crippen LogP contribution >= 0.6 is 15.9 Å². The minimum Gasteiger partial charge on any atom is -0.482 e. The van der Waals surface area contributed by atoms with Crippen molar-refractivity contribution in [1.29, 1.82) is 0 Å². The summed E-state index contributed by atoms with van der Waals surface area (Å²) in [6.07, 6.45) is 4.33. The SMILES string of the molecule is O=C(O)c1cccc(Br)c1OCC(=O)N1CCCCCC1. The lowest BCUT2D eigenvalue weighted by molar-refractivity contribution is -0.133. The van der Waals surface area contributed by atoms with Crippen LogP contribution in [0.3, 0.4) is 0 Å². The number of carboxylic acids is 1. The number of nitrogens with zero attached hydrogens (tertiary/aromatic N) is 1. The fraction of sp³-hybridized carbons (Fsp3) is 0.467. The highest BCUT2D eigenvalue weighted by Gasteiger charge is 2.19. The zero-order valence-electron chi connectivity index (χ0n) is 11.7. The van der Waals surface area contributed by atoms with E-state index in [2.05, 4.69) is 15.9 Å². The summed E-state index contributed by atoms with van der Waals surface area (Å²) in [5.74, 6) is -0.967. The van der Waals surface area contributed by atoms with E-state index in [4.69, 9.17) is 9.84 Å². The van der Waals surface area contributed by atoms with Crippen LogP contribution in [0.25, 0.3) is 0 Å². The van der Waals surface area contributed by atoms with Gasteiger partial charge in [0, 0.05) is 13.1 Å². The predicted molar refractivity (Wildman–Crippen MR) is 81.6 cm³/mol. The summed E-state index contributed by atoms with van der Waals surface area (Å²) < 4.78 is 6.00. The van der Waals surface area contributed by atoms with Gasteiger partial charge in [-0.15, -0.1) is 0 Å². The molecule has 0 spiro atoms. The van der Waals surface area contributed by atoms with Gasteiger partial charge >= 0.3 is 5.97 Å². The molecule has 0 bridgehead atoms. The summed E-state index contributed by atoms with van der Waals surface area (Å²) in [6.45, 7) is 1.37. The molecule has 0 radical (unpaired) electrons. The second-order valence-corrected chi connectivity index (χ2v) is 5.86. The molecule has 0 atom stereocenters. The van der Waals surface area contributed by atoms with Gasteiger partial charge in [0.15, 0.2) is 6.61 Å². The van der Waals surface area contributed by atoms with Gasteiger partial charge < -0.3 is 14.7 Å². The summed E-state index contributed by atoms with van der Waals surface area (Å²) in [7, 11) is 0. The van der Waals surface area contributed by atoms with E-state index in [0.29, 0.717) is 4.47 Å². The highest BCUT2D eigenvalue weighted by atomic mass is 79.9. The van der Waals surface area contributed by atoms with E-state index in [-0.39, 0.29) is 23.8 Å². The van der Waals surface area contributed by atoms with Crippen LogP contribution < -0.4 is 4.74 Å². The Hall–Kier alpha value is -1.56. The number of likely N-dealkylation sites (tertiary alicyclic amines) is 1. The van der Waals surface area contributed by atoms with Crippen molar-refractivity contribution in [2.45, 2.75) is 25.7 Å². The number of hydrogen-bond acceptors (Lipinski definition) is 3. The fourth-order valence-electron chi connectivity index (χ4n) is 2.37. The molecule has 0 unspecified atom stereocenters. The lowest BCUT2D eigenvalue weighted by Gasteiger charge is -2.20. The van der Waals surface area contributed by atoms with Crippen molar-refractivity contribution < 1.29 is 19.4 Å². The first kappa shape index (κ1) is 15.8. The molecule has 1 aromatic rings. The molecule has 1 N–H and O–H groups in total. The van der Waals surface area contributed by atoms with E-state index in [1.54, 1.807) is 17.0 Å². The highest BCUT2D eigenvalue weighted by Crippen LogP contribution is 2.29. The zero-order chi connectivity index (χ0) is 15.2.